The number of hydrogen-bond donors (Lipinski definition) is 0. The summed E-state index contributed by atoms with van der Waals surface area (Å²) in [5, 5.41) is 0.725. The normalized spacial score (nSPS) is 17.9. The highest BCUT2D eigenvalue weighted by molar-refractivity contribution is 6.32. The van der Waals surface area contributed by atoms with Gasteiger partial charge in [0.25, 0.3) is 0 Å². The fourth-order valence-electron chi connectivity index (χ4n) is 1.94. The van der Waals surface area contributed by atoms with Crippen LogP contribution in [0.4, 0.5) is 0 Å². The Labute approximate surface area is 89.1 Å². The van der Waals surface area contributed by atoms with Crippen LogP contribution in [-0.4, -0.2) is 5.78 Å². The van der Waals surface area contributed by atoms with Gasteiger partial charge in [0.15, 0.2) is 0 Å². The predicted octanol–water partition coefficient (Wildman–Crippen LogP) is 3.27. The van der Waals surface area contributed by atoms with Gasteiger partial charge in [0.1, 0.15) is 5.78 Å². The first-order valence-electron chi connectivity index (χ1n) is 4.84. The SMILES string of the molecule is CC(=O)C1(c2cc(C)ccc2Cl)CC1. The maximum atomic E-state index is 11.5. The van der Waals surface area contributed by atoms with Crippen molar-refractivity contribution in [3.8, 4) is 0 Å². The van der Waals surface area contributed by atoms with Gasteiger partial charge in [0.05, 0.1) is 5.41 Å². The number of halogens is 1. The zero-order valence-electron chi connectivity index (χ0n) is 8.43. The molecule has 1 aromatic rings. The minimum Gasteiger partial charge on any atom is -0.299 e. The molecule has 1 fully saturated rings. The summed E-state index contributed by atoms with van der Waals surface area (Å²) in [4.78, 5) is 11.5. The van der Waals surface area contributed by atoms with E-state index in [0.717, 1.165) is 29.0 Å². The molecule has 0 aromatic heterocycles. The molecule has 1 aromatic carbocycles. The molecule has 1 nitrogen and oxygen atoms in total. The van der Waals surface area contributed by atoms with Gasteiger partial charge >= 0.3 is 0 Å². The van der Waals surface area contributed by atoms with Crippen LogP contribution in [0.2, 0.25) is 5.02 Å². The summed E-state index contributed by atoms with van der Waals surface area (Å²) >= 11 is 6.11. The molecule has 0 spiro atoms. The Balaban J connectivity index is 2.51. The Bertz CT molecular complexity index is 391. The molecule has 14 heavy (non-hydrogen) atoms. The largest absolute Gasteiger partial charge is 0.299 e. The number of benzene rings is 1. The number of Topliss-reactive ketones (excluding diaryl/α,β-unsaturated/α-hetero) is 1. The summed E-state index contributed by atoms with van der Waals surface area (Å²) in [6, 6.07) is 5.90. The van der Waals surface area contributed by atoms with Gasteiger partial charge in [0, 0.05) is 5.02 Å². The van der Waals surface area contributed by atoms with Gasteiger partial charge < -0.3 is 0 Å². The number of rotatable bonds is 2. The van der Waals surface area contributed by atoms with Crippen molar-refractivity contribution in [3.63, 3.8) is 0 Å². The average Bonchev–Trinajstić information content (AvgIpc) is 2.90. The Morgan fingerprint density at radius 3 is 2.57 bits per heavy atom. The molecular weight excluding hydrogens is 196 g/mol. The van der Waals surface area contributed by atoms with Crippen LogP contribution in [0.1, 0.15) is 30.9 Å². The third-order valence-corrected chi connectivity index (χ3v) is 3.39. The number of ketones is 1. The first-order chi connectivity index (χ1) is 6.56. The number of hydrogen-bond acceptors (Lipinski definition) is 1. The maximum Gasteiger partial charge on any atom is 0.140 e. The van der Waals surface area contributed by atoms with E-state index in [0.29, 0.717) is 0 Å². The van der Waals surface area contributed by atoms with Crippen molar-refractivity contribution in [1.82, 2.24) is 0 Å². The van der Waals surface area contributed by atoms with E-state index in [2.05, 4.69) is 0 Å². The lowest BCUT2D eigenvalue weighted by Crippen LogP contribution is -2.17. The number of carbonyl (C=O) groups is 1. The van der Waals surface area contributed by atoms with Crippen LogP contribution in [0.15, 0.2) is 18.2 Å². The molecule has 0 amide bonds. The van der Waals surface area contributed by atoms with Gasteiger partial charge in [-0.2, -0.15) is 0 Å². The zero-order valence-corrected chi connectivity index (χ0v) is 9.19. The van der Waals surface area contributed by atoms with Crippen LogP contribution in [0.25, 0.3) is 0 Å². The second kappa shape index (κ2) is 3.09. The van der Waals surface area contributed by atoms with Crippen molar-refractivity contribution in [2.75, 3.05) is 0 Å². The van der Waals surface area contributed by atoms with E-state index in [1.54, 1.807) is 6.92 Å². The molecule has 0 unspecified atom stereocenters. The molecule has 0 aliphatic heterocycles. The van der Waals surface area contributed by atoms with Gasteiger partial charge in [-0.1, -0.05) is 29.3 Å². The molecule has 0 N–H and O–H groups in total. The van der Waals surface area contributed by atoms with E-state index >= 15 is 0 Å². The fourth-order valence-corrected chi connectivity index (χ4v) is 2.24. The number of carbonyl (C=O) groups excluding carboxylic acids is 1. The molecule has 1 aliphatic carbocycles. The monoisotopic (exact) mass is 208 g/mol. The second-order valence-corrected chi connectivity index (χ2v) is 4.53. The molecule has 74 valence electrons. The van der Waals surface area contributed by atoms with Crippen molar-refractivity contribution in [3.05, 3.63) is 34.3 Å². The van der Waals surface area contributed by atoms with E-state index in [9.17, 15) is 4.79 Å². The van der Waals surface area contributed by atoms with Gasteiger partial charge in [-0.25, -0.2) is 0 Å². The van der Waals surface area contributed by atoms with Gasteiger partial charge in [0.2, 0.25) is 0 Å². The summed E-state index contributed by atoms with van der Waals surface area (Å²) in [6.45, 7) is 3.68. The summed E-state index contributed by atoms with van der Waals surface area (Å²) < 4.78 is 0. The minimum absolute atomic E-state index is 0.241. The molecule has 0 bridgehead atoms. The highest BCUT2D eigenvalue weighted by atomic mass is 35.5. The van der Waals surface area contributed by atoms with Crippen LogP contribution in [0.5, 0.6) is 0 Å². The standard InChI is InChI=1S/C12H13ClO/c1-8-3-4-11(13)10(7-8)12(5-6-12)9(2)14/h3-4,7H,5-6H2,1-2H3. The third-order valence-electron chi connectivity index (χ3n) is 3.06. The van der Waals surface area contributed by atoms with E-state index in [-0.39, 0.29) is 11.2 Å². The van der Waals surface area contributed by atoms with Crippen molar-refractivity contribution in [1.29, 1.82) is 0 Å². The Kier molecular flexibility index (Phi) is 2.15. The molecule has 0 saturated heterocycles. The molecule has 0 radical (unpaired) electrons. The lowest BCUT2D eigenvalue weighted by Gasteiger charge is -2.14. The molecule has 0 atom stereocenters. The lowest BCUT2D eigenvalue weighted by molar-refractivity contribution is -0.119. The van der Waals surface area contributed by atoms with Crippen LogP contribution >= 0.6 is 11.6 Å². The zero-order chi connectivity index (χ0) is 10.3. The van der Waals surface area contributed by atoms with E-state index < -0.39 is 0 Å². The third kappa shape index (κ3) is 1.36. The molecule has 2 rings (SSSR count). The van der Waals surface area contributed by atoms with E-state index in [1.165, 1.54) is 0 Å². The van der Waals surface area contributed by atoms with Crippen LogP contribution in [0, 0.1) is 6.92 Å². The lowest BCUT2D eigenvalue weighted by atomic mass is 9.91. The summed E-state index contributed by atoms with van der Waals surface area (Å²) in [6.07, 6.45) is 1.90. The highest BCUT2D eigenvalue weighted by Crippen LogP contribution is 2.51. The minimum atomic E-state index is -0.247. The molecule has 1 aliphatic rings. The predicted molar refractivity (Wildman–Crippen MR) is 57.8 cm³/mol. The molecular formula is C12H13ClO. The van der Waals surface area contributed by atoms with Gasteiger partial charge in [-0.15, -0.1) is 0 Å². The fraction of sp³-hybridized carbons (Fsp3) is 0.417. The maximum absolute atomic E-state index is 11.5. The Hall–Kier alpha value is -0.820. The van der Waals surface area contributed by atoms with Crippen LogP contribution < -0.4 is 0 Å². The van der Waals surface area contributed by atoms with Gasteiger partial charge in [-0.3, -0.25) is 4.79 Å². The topological polar surface area (TPSA) is 17.1 Å². The van der Waals surface area contributed by atoms with Crippen molar-refractivity contribution in [2.24, 2.45) is 0 Å². The summed E-state index contributed by atoms with van der Waals surface area (Å²) in [5.41, 5.74) is 1.94. The van der Waals surface area contributed by atoms with E-state index in [1.807, 2.05) is 25.1 Å². The van der Waals surface area contributed by atoms with Crippen molar-refractivity contribution < 1.29 is 4.79 Å². The van der Waals surface area contributed by atoms with E-state index in [4.69, 9.17) is 11.6 Å². The van der Waals surface area contributed by atoms with Gasteiger partial charge in [-0.05, 0) is 38.3 Å². The van der Waals surface area contributed by atoms with Crippen molar-refractivity contribution in [2.45, 2.75) is 32.1 Å². The Morgan fingerprint density at radius 1 is 1.43 bits per heavy atom. The molecule has 0 heterocycles. The Morgan fingerprint density at radius 2 is 2.07 bits per heavy atom. The first-order valence-corrected chi connectivity index (χ1v) is 5.22. The average molecular weight is 209 g/mol. The number of aryl methyl sites for hydroxylation is 1. The van der Waals surface area contributed by atoms with Crippen LogP contribution in [-0.2, 0) is 10.2 Å². The highest BCUT2D eigenvalue weighted by Gasteiger charge is 2.49. The molecule has 1 saturated carbocycles. The second-order valence-electron chi connectivity index (χ2n) is 4.12. The first kappa shape index (κ1) is 9.72. The summed E-state index contributed by atoms with van der Waals surface area (Å²) in [5.74, 6) is 0.241. The smallest absolute Gasteiger partial charge is 0.140 e. The van der Waals surface area contributed by atoms with Crippen LogP contribution in [0.3, 0.4) is 0 Å². The van der Waals surface area contributed by atoms with Crippen molar-refractivity contribution >= 4 is 17.4 Å². The summed E-state index contributed by atoms with van der Waals surface area (Å²) in [7, 11) is 0. The quantitative estimate of drug-likeness (QED) is 0.729. The molecule has 2 heteroatoms.